The molecule has 0 saturated carbocycles. The summed E-state index contributed by atoms with van der Waals surface area (Å²) in [4.78, 5) is 0. The van der Waals surface area contributed by atoms with Crippen molar-refractivity contribution in [2.75, 3.05) is 5.32 Å². The second-order valence-electron chi connectivity index (χ2n) is 4.52. The average Bonchev–Trinajstić information content (AvgIpc) is 2.90. The molecule has 2 aromatic rings. The van der Waals surface area contributed by atoms with E-state index in [0.29, 0.717) is 6.04 Å². The zero-order valence-corrected chi connectivity index (χ0v) is 10.6. The Bertz CT molecular complexity index is 448. The van der Waals surface area contributed by atoms with Gasteiger partial charge in [-0.15, -0.1) is 0 Å². The van der Waals surface area contributed by atoms with Crippen LogP contribution < -0.4 is 5.32 Å². The number of anilines is 1. The van der Waals surface area contributed by atoms with Gasteiger partial charge in [0.05, 0.1) is 12.9 Å². The molecule has 1 atom stereocenters. The third-order valence-electron chi connectivity index (χ3n) is 2.95. The van der Waals surface area contributed by atoms with Crippen LogP contribution in [0.2, 0.25) is 0 Å². The number of aryl methyl sites for hydroxylation is 1. The largest absolute Gasteiger partial charge is 0.469 e. The Hall–Kier alpha value is -1.74. The van der Waals surface area contributed by atoms with Crippen LogP contribution in [0.25, 0.3) is 0 Å². The van der Waals surface area contributed by atoms with E-state index in [-0.39, 0.29) is 6.61 Å². The van der Waals surface area contributed by atoms with E-state index < -0.39 is 0 Å². The van der Waals surface area contributed by atoms with Crippen molar-refractivity contribution in [1.29, 1.82) is 0 Å². The second-order valence-corrected chi connectivity index (χ2v) is 4.52. The van der Waals surface area contributed by atoms with Crippen molar-refractivity contribution in [3.63, 3.8) is 0 Å². The van der Waals surface area contributed by atoms with Crippen LogP contribution in [0.5, 0.6) is 0 Å². The lowest BCUT2D eigenvalue weighted by Crippen LogP contribution is -2.15. The van der Waals surface area contributed by atoms with E-state index in [0.717, 1.165) is 29.9 Å². The van der Waals surface area contributed by atoms with Crippen molar-refractivity contribution in [3.8, 4) is 0 Å². The summed E-state index contributed by atoms with van der Waals surface area (Å²) in [7, 11) is 0. The highest BCUT2D eigenvalue weighted by Gasteiger charge is 2.04. The number of rotatable bonds is 6. The average molecular weight is 245 g/mol. The Morgan fingerprint density at radius 3 is 2.61 bits per heavy atom. The van der Waals surface area contributed by atoms with Gasteiger partial charge >= 0.3 is 0 Å². The quantitative estimate of drug-likeness (QED) is 0.821. The molecule has 1 heterocycles. The van der Waals surface area contributed by atoms with Crippen LogP contribution >= 0.6 is 0 Å². The van der Waals surface area contributed by atoms with Crippen LogP contribution in [0.15, 0.2) is 47.1 Å². The highest BCUT2D eigenvalue weighted by Crippen LogP contribution is 2.13. The highest BCUT2D eigenvalue weighted by molar-refractivity contribution is 5.45. The van der Waals surface area contributed by atoms with Gasteiger partial charge in [0.15, 0.2) is 0 Å². The van der Waals surface area contributed by atoms with Gasteiger partial charge in [-0.3, -0.25) is 0 Å². The van der Waals surface area contributed by atoms with Gasteiger partial charge in [0, 0.05) is 18.2 Å². The molecular formula is C15H19NO2. The molecule has 96 valence electrons. The maximum atomic E-state index is 8.97. The van der Waals surface area contributed by atoms with Gasteiger partial charge in [-0.25, -0.2) is 0 Å². The van der Waals surface area contributed by atoms with Crippen molar-refractivity contribution in [1.82, 2.24) is 0 Å². The van der Waals surface area contributed by atoms with Crippen LogP contribution in [0.4, 0.5) is 5.69 Å². The minimum Gasteiger partial charge on any atom is -0.469 e. The number of nitrogens with one attached hydrogen (secondary N) is 1. The second kappa shape index (κ2) is 6.26. The van der Waals surface area contributed by atoms with Gasteiger partial charge in [0.25, 0.3) is 0 Å². The number of hydrogen-bond donors (Lipinski definition) is 2. The molecule has 0 bridgehead atoms. The summed E-state index contributed by atoms with van der Waals surface area (Å²) in [5, 5.41) is 12.4. The summed E-state index contributed by atoms with van der Waals surface area (Å²) in [5.74, 6) is 1.03. The zero-order chi connectivity index (χ0) is 12.8. The first kappa shape index (κ1) is 12.7. The molecular weight excluding hydrogens is 226 g/mol. The molecule has 3 nitrogen and oxygen atoms in total. The van der Waals surface area contributed by atoms with Gasteiger partial charge in [-0.1, -0.05) is 12.1 Å². The van der Waals surface area contributed by atoms with Gasteiger partial charge in [0.1, 0.15) is 5.76 Å². The number of furan rings is 1. The number of aliphatic hydroxyl groups excluding tert-OH is 1. The van der Waals surface area contributed by atoms with Gasteiger partial charge in [0.2, 0.25) is 0 Å². The number of aliphatic hydroxyl groups is 1. The molecule has 3 heteroatoms. The maximum absolute atomic E-state index is 8.97. The van der Waals surface area contributed by atoms with Crippen LogP contribution in [-0.2, 0) is 13.0 Å². The summed E-state index contributed by atoms with van der Waals surface area (Å²) in [6, 6.07) is 12.2. The van der Waals surface area contributed by atoms with Gasteiger partial charge < -0.3 is 14.8 Å². The summed E-state index contributed by atoms with van der Waals surface area (Å²) >= 11 is 0. The van der Waals surface area contributed by atoms with E-state index in [9.17, 15) is 0 Å². The minimum absolute atomic E-state index is 0.0916. The first-order chi connectivity index (χ1) is 8.78. The molecule has 18 heavy (non-hydrogen) atoms. The first-order valence-electron chi connectivity index (χ1n) is 6.26. The lowest BCUT2D eigenvalue weighted by molar-refractivity contribution is 0.282. The predicted octanol–water partition coefficient (Wildman–Crippen LogP) is 3.21. The summed E-state index contributed by atoms with van der Waals surface area (Å²) in [6.45, 7) is 2.25. The third kappa shape index (κ3) is 3.64. The normalized spacial score (nSPS) is 12.3. The van der Waals surface area contributed by atoms with E-state index in [4.69, 9.17) is 9.52 Å². The third-order valence-corrected chi connectivity index (χ3v) is 2.95. The summed E-state index contributed by atoms with van der Waals surface area (Å²) < 4.78 is 5.31. The number of benzene rings is 1. The van der Waals surface area contributed by atoms with Crippen LogP contribution in [-0.4, -0.2) is 11.1 Å². The van der Waals surface area contributed by atoms with Crippen molar-refractivity contribution in [2.45, 2.75) is 32.4 Å². The fraction of sp³-hybridized carbons (Fsp3) is 0.333. The molecule has 0 amide bonds. The standard InChI is InChI=1S/C15H19NO2/c1-12(4-9-15-3-2-10-18-15)16-14-7-5-13(11-17)6-8-14/h2-3,5-8,10,12,16-17H,4,9,11H2,1H3. The Morgan fingerprint density at radius 2 is 2.00 bits per heavy atom. The van der Waals surface area contributed by atoms with Crippen LogP contribution in [0.1, 0.15) is 24.7 Å². The lowest BCUT2D eigenvalue weighted by atomic mass is 10.1. The predicted molar refractivity (Wildman–Crippen MR) is 72.5 cm³/mol. The van der Waals surface area contributed by atoms with E-state index in [1.54, 1.807) is 6.26 Å². The van der Waals surface area contributed by atoms with Crippen molar-refractivity contribution in [2.24, 2.45) is 0 Å². The summed E-state index contributed by atoms with van der Waals surface area (Å²) in [6.07, 6.45) is 3.67. The topological polar surface area (TPSA) is 45.4 Å². The monoisotopic (exact) mass is 245 g/mol. The van der Waals surface area contributed by atoms with Crippen molar-refractivity contribution >= 4 is 5.69 Å². The molecule has 0 radical (unpaired) electrons. The smallest absolute Gasteiger partial charge is 0.103 e. The molecule has 2 N–H and O–H groups in total. The Kier molecular flexibility index (Phi) is 4.42. The fourth-order valence-electron chi connectivity index (χ4n) is 1.88. The Morgan fingerprint density at radius 1 is 1.22 bits per heavy atom. The Labute approximate surface area is 107 Å². The molecule has 0 saturated heterocycles. The van der Waals surface area contributed by atoms with Gasteiger partial charge in [-0.2, -0.15) is 0 Å². The first-order valence-corrected chi connectivity index (χ1v) is 6.26. The van der Waals surface area contributed by atoms with Crippen LogP contribution in [0.3, 0.4) is 0 Å². The van der Waals surface area contributed by atoms with Crippen LogP contribution in [0, 0.1) is 0 Å². The molecule has 0 fully saturated rings. The molecule has 0 aliphatic rings. The molecule has 0 spiro atoms. The molecule has 1 aromatic heterocycles. The van der Waals surface area contributed by atoms with Crippen molar-refractivity contribution < 1.29 is 9.52 Å². The SMILES string of the molecule is CC(CCc1ccco1)Nc1ccc(CO)cc1. The highest BCUT2D eigenvalue weighted by atomic mass is 16.3. The van der Waals surface area contributed by atoms with E-state index in [1.807, 2.05) is 36.4 Å². The summed E-state index contributed by atoms with van der Waals surface area (Å²) in [5.41, 5.74) is 2.02. The maximum Gasteiger partial charge on any atom is 0.103 e. The van der Waals surface area contributed by atoms with E-state index in [1.165, 1.54) is 0 Å². The molecule has 1 aromatic carbocycles. The zero-order valence-electron chi connectivity index (χ0n) is 10.6. The van der Waals surface area contributed by atoms with Crippen molar-refractivity contribution in [3.05, 3.63) is 54.0 Å². The number of hydrogen-bond acceptors (Lipinski definition) is 3. The van der Waals surface area contributed by atoms with E-state index >= 15 is 0 Å². The van der Waals surface area contributed by atoms with Gasteiger partial charge in [-0.05, 0) is 43.2 Å². The molecule has 0 aliphatic carbocycles. The Balaban J connectivity index is 1.80. The fourth-order valence-corrected chi connectivity index (χ4v) is 1.88. The minimum atomic E-state index is 0.0916. The lowest BCUT2D eigenvalue weighted by Gasteiger charge is -2.14. The van der Waals surface area contributed by atoms with E-state index in [2.05, 4.69) is 12.2 Å². The molecule has 1 unspecified atom stereocenters. The molecule has 0 aliphatic heterocycles. The molecule has 2 rings (SSSR count).